The summed E-state index contributed by atoms with van der Waals surface area (Å²) in [7, 11) is 0. The quantitative estimate of drug-likeness (QED) is 0.457. The van der Waals surface area contributed by atoms with Crippen LogP contribution in [0.5, 0.6) is 0 Å². The zero-order valence-corrected chi connectivity index (χ0v) is 13.0. The highest BCUT2D eigenvalue weighted by molar-refractivity contribution is 6.19. The molecule has 0 radical (unpaired) electrons. The molecule has 2 aliphatic heterocycles. The number of fused-ring (bicyclic) bond motifs is 2. The van der Waals surface area contributed by atoms with E-state index in [1.807, 2.05) is 0 Å². The molecule has 0 bridgehead atoms. The summed E-state index contributed by atoms with van der Waals surface area (Å²) in [5.41, 5.74) is -0.407. The van der Waals surface area contributed by atoms with Crippen molar-refractivity contribution < 1.29 is 33.4 Å². The Bertz CT molecular complexity index is 979. The van der Waals surface area contributed by atoms with E-state index in [1.54, 1.807) is 13.0 Å². The standard InChI is InChI=1S/C18H10O7/c1-18-5-4-9(7-12(18)16(22)25-17(18)23)13(19)8-2-3-10-11(6-8)15(21)24-14(10)20/h2-4,6-7H,5H2,1H3. The van der Waals surface area contributed by atoms with Crippen molar-refractivity contribution in [1.29, 1.82) is 0 Å². The third-order valence-electron chi connectivity index (χ3n) is 4.65. The fraction of sp³-hybridized carbons (Fsp3) is 0.167. The number of hydrogen-bond donors (Lipinski definition) is 0. The lowest BCUT2D eigenvalue weighted by molar-refractivity contribution is -0.154. The van der Waals surface area contributed by atoms with Crippen molar-refractivity contribution in [2.45, 2.75) is 13.3 Å². The van der Waals surface area contributed by atoms with E-state index in [-0.39, 0.29) is 34.3 Å². The van der Waals surface area contributed by atoms with Crippen LogP contribution in [0.4, 0.5) is 0 Å². The normalized spacial score (nSPS) is 24.2. The summed E-state index contributed by atoms with van der Waals surface area (Å²) in [6.45, 7) is 1.58. The zero-order valence-electron chi connectivity index (χ0n) is 13.0. The van der Waals surface area contributed by atoms with Gasteiger partial charge in [0.15, 0.2) is 5.78 Å². The molecule has 25 heavy (non-hydrogen) atoms. The number of rotatable bonds is 2. The molecule has 1 aromatic carbocycles. The van der Waals surface area contributed by atoms with Crippen LogP contribution in [0.25, 0.3) is 0 Å². The molecule has 1 aromatic rings. The van der Waals surface area contributed by atoms with Gasteiger partial charge in [-0.3, -0.25) is 9.59 Å². The number of cyclic esters (lactones) is 4. The lowest BCUT2D eigenvalue weighted by Gasteiger charge is -2.22. The number of carbonyl (C=O) groups is 5. The molecule has 1 unspecified atom stereocenters. The van der Waals surface area contributed by atoms with Crippen LogP contribution in [0.1, 0.15) is 44.4 Å². The van der Waals surface area contributed by atoms with Crippen molar-refractivity contribution in [3.63, 3.8) is 0 Å². The second-order valence-corrected chi connectivity index (χ2v) is 6.20. The van der Waals surface area contributed by atoms with Crippen molar-refractivity contribution in [2.75, 3.05) is 0 Å². The van der Waals surface area contributed by atoms with Crippen molar-refractivity contribution in [1.82, 2.24) is 0 Å². The van der Waals surface area contributed by atoms with Crippen molar-refractivity contribution in [3.05, 3.63) is 58.2 Å². The highest BCUT2D eigenvalue weighted by Gasteiger charge is 2.51. The van der Waals surface area contributed by atoms with Crippen LogP contribution in [0.2, 0.25) is 0 Å². The van der Waals surface area contributed by atoms with Gasteiger partial charge in [-0.2, -0.15) is 0 Å². The molecule has 0 N–H and O–H groups in total. The van der Waals surface area contributed by atoms with Gasteiger partial charge in [0.25, 0.3) is 0 Å². The van der Waals surface area contributed by atoms with Crippen LogP contribution in [0.15, 0.2) is 41.5 Å². The molecule has 0 spiro atoms. The van der Waals surface area contributed by atoms with Gasteiger partial charge >= 0.3 is 23.9 Å². The Morgan fingerprint density at radius 2 is 1.72 bits per heavy atom. The monoisotopic (exact) mass is 338 g/mol. The first-order valence-electron chi connectivity index (χ1n) is 7.45. The predicted molar refractivity (Wildman–Crippen MR) is 80.5 cm³/mol. The van der Waals surface area contributed by atoms with Gasteiger partial charge in [-0.1, -0.05) is 12.1 Å². The Labute approximate surface area is 140 Å². The topological polar surface area (TPSA) is 104 Å². The molecule has 2 heterocycles. The van der Waals surface area contributed by atoms with Gasteiger partial charge in [-0.15, -0.1) is 0 Å². The highest BCUT2D eigenvalue weighted by Crippen LogP contribution is 2.43. The average Bonchev–Trinajstić information content (AvgIpc) is 3.00. The summed E-state index contributed by atoms with van der Waals surface area (Å²) >= 11 is 0. The minimum atomic E-state index is -1.07. The van der Waals surface area contributed by atoms with Crippen LogP contribution in [-0.4, -0.2) is 29.7 Å². The van der Waals surface area contributed by atoms with Crippen molar-refractivity contribution >= 4 is 29.7 Å². The van der Waals surface area contributed by atoms with E-state index in [2.05, 4.69) is 9.47 Å². The Morgan fingerprint density at radius 1 is 1.00 bits per heavy atom. The van der Waals surface area contributed by atoms with E-state index in [1.165, 1.54) is 24.3 Å². The van der Waals surface area contributed by atoms with E-state index < -0.39 is 35.1 Å². The molecule has 0 aromatic heterocycles. The number of allylic oxidation sites excluding steroid dienone is 3. The molecular weight excluding hydrogens is 328 g/mol. The lowest BCUT2D eigenvalue weighted by Crippen LogP contribution is -2.26. The Kier molecular flexibility index (Phi) is 2.93. The number of esters is 4. The average molecular weight is 338 g/mol. The molecule has 0 amide bonds. The van der Waals surface area contributed by atoms with E-state index >= 15 is 0 Å². The fourth-order valence-corrected chi connectivity index (χ4v) is 3.08. The first kappa shape index (κ1) is 15.2. The molecule has 1 fully saturated rings. The molecule has 3 aliphatic rings. The Morgan fingerprint density at radius 3 is 2.48 bits per heavy atom. The Hall–Kier alpha value is -3.35. The summed E-state index contributed by atoms with van der Waals surface area (Å²) in [6.07, 6.45) is 3.06. The molecule has 7 nitrogen and oxygen atoms in total. The van der Waals surface area contributed by atoms with Crippen LogP contribution < -0.4 is 0 Å². The third kappa shape index (κ3) is 2.02. The van der Waals surface area contributed by atoms with Gasteiger partial charge in [0.2, 0.25) is 0 Å². The molecule has 1 atom stereocenters. The number of ether oxygens (including phenoxy) is 2. The van der Waals surface area contributed by atoms with Crippen LogP contribution in [0.3, 0.4) is 0 Å². The van der Waals surface area contributed by atoms with Gasteiger partial charge in [-0.05, 0) is 31.6 Å². The molecule has 7 heteroatoms. The summed E-state index contributed by atoms with van der Waals surface area (Å²) in [4.78, 5) is 59.4. The van der Waals surface area contributed by atoms with Gasteiger partial charge in [0.1, 0.15) is 5.41 Å². The molecule has 4 rings (SSSR count). The molecule has 0 saturated carbocycles. The second kappa shape index (κ2) is 4.83. The molecule has 1 saturated heterocycles. The van der Waals surface area contributed by atoms with Crippen LogP contribution in [-0.2, 0) is 19.1 Å². The largest absolute Gasteiger partial charge is 0.389 e. The fourth-order valence-electron chi connectivity index (χ4n) is 3.08. The Balaban J connectivity index is 1.71. The molecule has 124 valence electrons. The highest BCUT2D eigenvalue weighted by atomic mass is 16.6. The minimum Gasteiger partial charge on any atom is -0.389 e. The maximum atomic E-state index is 12.7. The first-order chi connectivity index (χ1) is 11.8. The van der Waals surface area contributed by atoms with Crippen LogP contribution >= 0.6 is 0 Å². The molecular formula is C18H10O7. The predicted octanol–water partition coefficient (Wildman–Crippen LogP) is 1.53. The number of hydrogen-bond acceptors (Lipinski definition) is 7. The van der Waals surface area contributed by atoms with E-state index in [9.17, 15) is 24.0 Å². The SMILES string of the molecule is CC12CC=C(C(=O)c3ccc4c(c3)C(=O)OC4=O)C=C1C(=O)OC2=O. The van der Waals surface area contributed by atoms with E-state index in [0.717, 1.165) is 0 Å². The summed E-state index contributed by atoms with van der Waals surface area (Å²) < 4.78 is 9.14. The zero-order chi connectivity index (χ0) is 17.9. The first-order valence-corrected chi connectivity index (χ1v) is 7.45. The van der Waals surface area contributed by atoms with Crippen molar-refractivity contribution in [3.8, 4) is 0 Å². The van der Waals surface area contributed by atoms with Gasteiger partial charge in [0.05, 0.1) is 16.7 Å². The number of Topliss-reactive ketones (excluding diaryl/α,β-unsaturated/α-hetero) is 1. The van der Waals surface area contributed by atoms with Crippen LogP contribution in [0, 0.1) is 5.41 Å². The molecule has 1 aliphatic carbocycles. The summed E-state index contributed by atoms with van der Waals surface area (Å²) in [6, 6.07) is 4.05. The smallest absolute Gasteiger partial charge is 0.346 e. The van der Waals surface area contributed by atoms with Gasteiger partial charge < -0.3 is 9.47 Å². The van der Waals surface area contributed by atoms with Gasteiger partial charge in [0, 0.05) is 11.1 Å². The second-order valence-electron chi connectivity index (χ2n) is 6.20. The number of benzene rings is 1. The maximum Gasteiger partial charge on any atom is 0.346 e. The van der Waals surface area contributed by atoms with E-state index in [4.69, 9.17) is 0 Å². The third-order valence-corrected chi connectivity index (χ3v) is 4.65. The van der Waals surface area contributed by atoms with Gasteiger partial charge in [-0.25, -0.2) is 14.4 Å². The summed E-state index contributed by atoms with van der Waals surface area (Å²) in [5, 5.41) is 0. The number of ketones is 1. The summed E-state index contributed by atoms with van der Waals surface area (Å²) in [5.74, 6) is -3.37. The minimum absolute atomic E-state index is 0.0280. The number of carbonyl (C=O) groups excluding carboxylic acids is 5. The lowest BCUT2D eigenvalue weighted by atomic mass is 9.75. The maximum absolute atomic E-state index is 12.7. The van der Waals surface area contributed by atoms with Crippen molar-refractivity contribution in [2.24, 2.45) is 5.41 Å². The van der Waals surface area contributed by atoms with E-state index in [0.29, 0.717) is 0 Å².